The number of rotatable bonds is 0. The molecule has 0 aliphatic rings. The molecule has 0 bridgehead atoms. The molecule has 2 nitrogen and oxygen atoms in total. The van der Waals surface area contributed by atoms with E-state index in [1.165, 1.54) is 0 Å². The zero-order valence-electron chi connectivity index (χ0n) is 8.70. The molecule has 0 N–H and O–H groups in total. The van der Waals surface area contributed by atoms with Crippen LogP contribution in [0, 0.1) is 6.20 Å². The second kappa shape index (κ2) is 3.05. The van der Waals surface area contributed by atoms with Gasteiger partial charge in [-0.3, -0.25) is 0 Å². The van der Waals surface area contributed by atoms with Crippen molar-refractivity contribution in [3.8, 4) is 0 Å². The van der Waals surface area contributed by atoms with Crippen LogP contribution in [-0.4, -0.2) is 9.97 Å². The van der Waals surface area contributed by atoms with Crippen LogP contribution in [0.1, 0.15) is 26.5 Å². The van der Waals surface area contributed by atoms with E-state index in [0.29, 0.717) is 0 Å². The average Bonchev–Trinajstić information content (AvgIpc) is 2.16. The van der Waals surface area contributed by atoms with Crippen molar-refractivity contribution in [3.05, 3.63) is 36.2 Å². The van der Waals surface area contributed by atoms with E-state index in [1.807, 2.05) is 24.3 Å². The molecule has 2 heteroatoms. The van der Waals surface area contributed by atoms with Crippen LogP contribution in [0.4, 0.5) is 0 Å². The Hall–Kier alpha value is -1.44. The third-order valence-corrected chi connectivity index (χ3v) is 2.11. The maximum Gasteiger partial charge on any atom is 0.113 e. The molecule has 0 aliphatic heterocycles. The minimum absolute atomic E-state index is 0.0109. The van der Waals surface area contributed by atoms with Gasteiger partial charge in [-0.15, -0.1) is 0 Å². The minimum Gasteiger partial charge on any atom is -0.248 e. The van der Waals surface area contributed by atoms with Crippen LogP contribution in [0.5, 0.6) is 0 Å². The van der Waals surface area contributed by atoms with Crippen LogP contribution in [-0.2, 0) is 5.41 Å². The van der Waals surface area contributed by atoms with E-state index in [-0.39, 0.29) is 5.41 Å². The molecule has 0 spiro atoms. The Morgan fingerprint density at radius 1 is 1.07 bits per heavy atom. The summed E-state index contributed by atoms with van der Waals surface area (Å²) in [5, 5.41) is 0. The van der Waals surface area contributed by atoms with E-state index in [1.54, 1.807) is 0 Å². The predicted octanol–water partition coefficient (Wildman–Crippen LogP) is 2.73. The van der Waals surface area contributed by atoms with E-state index >= 15 is 0 Å². The Bertz CT molecular complexity index is 455. The summed E-state index contributed by atoms with van der Waals surface area (Å²) in [5.74, 6) is 0. The van der Waals surface area contributed by atoms with E-state index in [0.717, 1.165) is 16.7 Å². The Morgan fingerprint density at radius 2 is 1.71 bits per heavy atom. The number of hydrogen-bond acceptors (Lipinski definition) is 2. The lowest BCUT2D eigenvalue weighted by atomic mass is 9.92. The highest BCUT2D eigenvalue weighted by molar-refractivity contribution is 5.73. The highest BCUT2D eigenvalue weighted by Crippen LogP contribution is 2.20. The molecular weight excluding hydrogens is 172 g/mol. The molecule has 0 atom stereocenters. The Morgan fingerprint density at radius 3 is 2.36 bits per heavy atom. The summed E-state index contributed by atoms with van der Waals surface area (Å²) < 4.78 is 0. The molecule has 1 radical (unpaired) electrons. The first kappa shape index (κ1) is 9.13. The van der Waals surface area contributed by atoms with Crippen LogP contribution in [0.2, 0.25) is 0 Å². The summed E-state index contributed by atoms with van der Waals surface area (Å²) in [6.45, 7) is 6.34. The summed E-state index contributed by atoms with van der Waals surface area (Å²) >= 11 is 0. The third kappa shape index (κ3) is 1.60. The van der Waals surface area contributed by atoms with Crippen LogP contribution in [0.3, 0.4) is 0 Å². The number of nitrogens with zero attached hydrogens (tertiary/aromatic N) is 2. The van der Waals surface area contributed by atoms with Crippen molar-refractivity contribution in [3.63, 3.8) is 0 Å². The van der Waals surface area contributed by atoms with E-state index < -0.39 is 0 Å². The van der Waals surface area contributed by atoms with Crippen LogP contribution in [0.15, 0.2) is 24.3 Å². The maximum atomic E-state index is 4.53. The standard InChI is InChI=1S/C12H13N2/c1-12(2,3)11-8-13-9-6-4-5-7-10(9)14-11/h4-7H,1-3H3. The van der Waals surface area contributed by atoms with Gasteiger partial charge in [0, 0.05) is 5.41 Å². The van der Waals surface area contributed by atoms with Crippen molar-refractivity contribution in [1.82, 2.24) is 9.97 Å². The molecule has 0 amide bonds. The summed E-state index contributed by atoms with van der Waals surface area (Å²) in [7, 11) is 0. The van der Waals surface area contributed by atoms with Gasteiger partial charge in [-0.1, -0.05) is 32.9 Å². The van der Waals surface area contributed by atoms with Crippen LogP contribution in [0.25, 0.3) is 11.0 Å². The minimum atomic E-state index is 0.0109. The van der Waals surface area contributed by atoms with E-state index in [4.69, 9.17) is 0 Å². The molecule has 0 unspecified atom stereocenters. The monoisotopic (exact) mass is 185 g/mol. The molecule has 1 heterocycles. The number of benzene rings is 1. The van der Waals surface area contributed by atoms with Crippen LogP contribution < -0.4 is 0 Å². The first-order valence-corrected chi connectivity index (χ1v) is 4.72. The summed E-state index contributed by atoms with van der Waals surface area (Å²) in [4.78, 5) is 8.79. The normalized spacial score (nSPS) is 11.9. The van der Waals surface area contributed by atoms with Crippen molar-refractivity contribution in [1.29, 1.82) is 0 Å². The zero-order chi connectivity index (χ0) is 10.2. The fourth-order valence-corrected chi connectivity index (χ4v) is 1.25. The molecular formula is C12H13N2. The molecule has 0 aliphatic carbocycles. The second-order valence-electron chi connectivity index (χ2n) is 4.42. The lowest BCUT2D eigenvalue weighted by molar-refractivity contribution is 0.567. The van der Waals surface area contributed by atoms with Gasteiger partial charge in [-0.25, -0.2) is 9.97 Å². The number of hydrogen-bond donors (Lipinski definition) is 0. The van der Waals surface area contributed by atoms with Gasteiger partial charge in [0.1, 0.15) is 6.20 Å². The first-order chi connectivity index (χ1) is 6.57. The largest absolute Gasteiger partial charge is 0.248 e. The molecule has 14 heavy (non-hydrogen) atoms. The number of fused-ring (bicyclic) bond motifs is 1. The zero-order valence-corrected chi connectivity index (χ0v) is 8.70. The lowest BCUT2D eigenvalue weighted by Gasteiger charge is -2.16. The molecule has 0 fully saturated rings. The van der Waals surface area contributed by atoms with Crippen molar-refractivity contribution < 1.29 is 0 Å². The number of aromatic nitrogens is 2. The molecule has 71 valence electrons. The Balaban J connectivity index is 2.63. The molecule has 1 aromatic heterocycles. The number of para-hydroxylation sites is 2. The van der Waals surface area contributed by atoms with E-state index in [2.05, 4.69) is 36.9 Å². The van der Waals surface area contributed by atoms with Crippen molar-refractivity contribution >= 4 is 11.0 Å². The topological polar surface area (TPSA) is 25.8 Å². The second-order valence-corrected chi connectivity index (χ2v) is 4.42. The van der Waals surface area contributed by atoms with Crippen molar-refractivity contribution in [2.24, 2.45) is 0 Å². The van der Waals surface area contributed by atoms with Crippen molar-refractivity contribution in [2.45, 2.75) is 26.2 Å². The SMILES string of the molecule is CC(C)(C)c1[c]nc2ccccc2n1. The Kier molecular flexibility index (Phi) is 1.99. The highest BCUT2D eigenvalue weighted by Gasteiger charge is 2.16. The van der Waals surface area contributed by atoms with Gasteiger partial charge in [0.2, 0.25) is 0 Å². The molecule has 1 aromatic carbocycles. The van der Waals surface area contributed by atoms with Gasteiger partial charge in [0.15, 0.2) is 0 Å². The molecule has 2 aromatic rings. The highest BCUT2D eigenvalue weighted by atomic mass is 14.8. The molecule has 2 rings (SSSR count). The summed E-state index contributed by atoms with van der Waals surface area (Å²) in [6, 6.07) is 7.86. The van der Waals surface area contributed by atoms with Gasteiger partial charge < -0.3 is 0 Å². The van der Waals surface area contributed by atoms with Gasteiger partial charge in [0.25, 0.3) is 0 Å². The Labute approximate surface area is 84.0 Å². The fraction of sp³-hybridized carbons (Fsp3) is 0.333. The van der Waals surface area contributed by atoms with Gasteiger partial charge in [-0.2, -0.15) is 0 Å². The molecule has 0 saturated heterocycles. The van der Waals surface area contributed by atoms with E-state index in [9.17, 15) is 0 Å². The van der Waals surface area contributed by atoms with Gasteiger partial charge in [0.05, 0.1) is 16.7 Å². The first-order valence-electron chi connectivity index (χ1n) is 4.72. The van der Waals surface area contributed by atoms with Crippen LogP contribution >= 0.6 is 0 Å². The predicted molar refractivity (Wildman–Crippen MR) is 57.1 cm³/mol. The summed E-state index contributed by atoms with van der Waals surface area (Å²) in [5.41, 5.74) is 2.77. The van der Waals surface area contributed by atoms with Gasteiger partial charge >= 0.3 is 0 Å². The molecule has 0 saturated carbocycles. The average molecular weight is 185 g/mol. The third-order valence-electron chi connectivity index (χ3n) is 2.11. The summed E-state index contributed by atoms with van der Waals surface area (Å²) in [6.07, 6.45) is 2.99. The maximum absolute atomic E-state index is 4.53. The fourth-order valence-electron chi connectivity index (χ4n) is 1.25. The van der Waals surface area contributed by atoms with Crippen molar-refractivity contribution in [2.75, 3.05) is 0 Å². The quantitative estimate of drug-likeness (QED) is 0.630. The lowest BCUT2D eigenvalue weighted by Crippen LogP contribution is -2.14. The smallest absolute Gasteiger partial charge is 0.113 e. The van der Waals surface area contributed by atoms with Gasteiger partial charge in [-0.05, 0) is 12.1 Å².